The standard InChI is InChI=1S/C21H21NO4/c23-17-10-12-26-18-9-8-15(21(25)14-5-2-1-3-6-14)13-16(18)20(17)22-11-4-7-19(22)24/h1-3,5-6,8-9,13,17,20,23H,4,7,10-12H2/t17-,20-/m0/s1. The number of aliphatic hydroxyl groups is 1. The summed E-state index contributed by atoms with van der Waals surface area (Å²) in [6.45, 7) is 1.01. The normalized spacial score (nSPS) is 22.5. The molecule has 0 unspecified atom stereocenters. The number of carbonyl (C=O) groups excluding carboxylic acids is 2. The Labute approximate surface area is 152 Å². The van der Waals surface area contributed by atoms with Gasteiger partial charge in [0.15, 0.2) is 5.78 Å². The first-order chi connectivity index (χ1) is 12.6. The Morgan fingerprint density at radius 1 is 1.12 bits per heavy atom. The van der Waals surface area contributed by atoms with Crippen LogP contribution in [0, 0.1) is 0 Å². The van der Waals surface area contributed by atoms with Crippen LogP contribution in [0.1, 0.15) is 46.8 Å². The van der Waals surface area contributed by atoms with Gasteiger partial charge in [-0.05, 0) is 24.6 Å². The van der Waals surface area contributed by atoms with Crippen molar-refractivity contribution < 1.29 is 19.4 Å². The fourth-order valence-corrected chi connectivity index (χ4v) is 3.80. The zero-order valence-electron chi connectivity index (χ0n) is 14.4. The van der Waals surface area contributed by atoms with Gasteiger partial charge in [-0.3, -0.25) is 9.59 Å². The largest absolute Gasteiger partial charge is 0.493 e. The van der Waals surface area contributed by atoms with Crippen molar-refractivity contribution in [3.8, 4) is 5.75 Å². The van der Waals surface area contributed by atoms with E-state index >= 15 is 0 Å². The third-order valence-corrected chi connectivity index (χ3v) is 5.11. The highest BCUT2D eigenvalue weighted by Crippen LogP contribution is 2.38. The van der Waals surface area contributed by atoms with Crippen molar-refractivity contribution in [2.45, 2.75) is 31.4 Å². The lowest BCUT2D eigenvalue weighted by molar-refractivity contribution is -0.132. The van der Waals surface area contributed by atoms with E-state index in [4.69, 9.17) is 4.74 Å². The molecule has 0 saturated carbocycles. The summed E-state index contributed by atoms with van der Waals surface area (Å²) < 4.78 is 5.78. The molecule has 1 fully saturated rings. The molecule has 1 amide bonds. The van der Waals surface area contributed by atoms with E-state index in [1.807, 2.05) is 18.2 Å². The van der Waals surface area contributed by atoms with Crippen LogP contribution >= 0.6 is 0 Å². The molecular weight excluding hydrogens is 330 g/mol. The molecule has 0 spiro atoms. The molecule has 134 valence electrons. The lowest BCUT2D eigenvalue weighted by Gasteiger charge is -2.31. The quantitative estimate of drug-likeness (QED) is 0.864. The Morgan fingerprint density at radius 3 is 2.65 bits per heavy atom. The van der Waals surface area contributed by atoms with Crippen LogP contribution in [0.3, 0.4) is 0 Å². The first kappa shape index (κ1) is 16.8. The topological polar surface area (TPSA) is 66.8 Å². The van der Waals surface area contributed by atoms with Gasteiger partial charge < -0.3 is 14.7 Å². The van der Waals surface area contributed by atoms with Crippen LogP contribution in [0.5, 0.6) is 5.75 Å². The van der Waals surface area contributed by atoms with Crippen LogP contribution < -0.4 is 4.74 Å². The molecule has 26 heavy (non-hydrogen) atoms. The number of hydrogen-bond donors (Lipinski definition) is 1. The maximum absolute atomic E-state index is 12.8. The smallest absolute Gasteiger partial charge is 0.223 e. The number of hydrogen-bond acceptors (Lipinski definition) is 4. The highest BCUT2D eigenvalue weighted by atomic mass is 16.5. The van der Waals surface area contributed by atoms with Crippen molar-refractivity contribution in [1.82, 2.24) is 4.90 Å². The van der Waals surface area contributed by atoms with Gasteiger partial charge in [-0.15, -0.1) is 0 Å². The van der Waals surface area contributed by atoms with E-state index in [0.717, 1.165) is 6.42 Å². The first-order valence-corrected chi connectivity index (χ1v) is 8.99. The van der Waals surface area contributed by atoms with E-state index in [-0.39, 0.29) is 11.7 Å². The number of benzene rings is 2. The Hall–Kier alpha value is -2.66. The maximum atomic E-state index is 12.8. The molecule has 2 aromatic rings. The summed E-state index contributed by atoms with van der Waals surface area (Å²) in [7, 11) is 0. The predicted octanol–water partition coefficient (Wildman–Crippen LogP) is 2.72. The number of fused-ring (bicyclic) bond motifs is 1. The molecule has 1 N–H and O–H groups in total. The zero-order chi connectivity index (χ0) is 18.1. The highest BCUT2D eigenvalue weighted by molar-refractivity contribution is 6.09. The Bertz CT molecular complexity index is 833. The molecule has 0 aliphatic carbocycles. The van der Waals surface area contributed by atoms with Gasteiger partial charge in [0.25, 0.3) is 0 Å². The molecule has 2 aliphatic heterocycles. The first-order valence-electron chi connectivity index (χ1n) is 8.99. The number of rotatable bonds is 3. The van der Waals surface area contributed by atoms with E-state index in [2.05, 4.69) is 0 Å². The van der Waals surface area contributed by atoms with Gasteiger partial charge in [0, 0.05) is 36.1 Å². The molecule has 2 aromatic carbocycles. The summed E-state index contributed by atoms with van der Waals surface area (Å²) in [5.74, 6) is 0.594. The summed E-state index contributed by atoms with van der Waals surface area (Å²) in [4.78, 5) is 26.8. The zero-order valence-corrected chi connectivity index (χ0v) is 14.4. The van der Waals surface area contributed by atoms with E-state index in [1.165, 1.54) is 0 Å². The minimum absolute atomic E-state index is 0.0432. The SMILES string of the molecule is O=C(c1ccccc1)c1ccc2c(c1)[C@H](N1CCCC1=O)[C@@H](O)CCO2. The molecule has 0 aromatic heterocycles. The summed E-state index contributed by atoms with van der Waals surface area (Å²) in [5.41, 5.74) is 1.85. The van der Waals surface area contributed by atoms with Gasteiger partial charge >= 0.3 is 0 Å². The van der Waals surface area contributed by atoms with E-state index < -0.39 is 12.1 Å². The summed E-state index contributed by atoms with van der Waals surface area (Å²) in [6.07, 6.45) is 1.04. The number of carbonyl (C=O) groups is 2. The van der Waals surface area contributed by atoms with Crippen molar-refractivity contribution in [2.75, 3.05) is 13.2 Å². The van der Waals surface area contributed by atoms with Crippen LogP contribution in [0.2, 0.25) is 0 Å². The highest BCUT2D eigenvalue weighted by Gasteiger charge is 2.37. The van der Waals surface area contributed by atoms with Crippen molar-refractivity contribution in [1.29, 1.82) is 0 Å². The maximum Gasteiger partial charge on any atom is 0.223 e. The summed E-state index contributed by atoms with van der Waals surface area (Å²) >= 11 is 0. The van der Waals surface area contributed by atoms with Gasteiger partial charge in [-0.1, -0.05) is 30.3 Å². The molecule has 0 radical (unpaired) electrons. The van der Waals surface area contributed by atoms with Crippen LogP contribution in [0.15, 0.2) is 48.5 Å². The number of likely N-dealkylation sites (tertiary alicyclic amines) is 1. The predicted molar refractivity (Wildman–Crippen MR) is 96.1 cm³/mol. The average Bonchev–Trinajstić information content (AvgIpc) is 3.01. The van der Waals surface area contributed by atoms with Crippen LogP contribution in [0.25, 0.3) is 0 Å². The second-order valence-electron chi connectivity index (χ2n) is 6.79. The molecule has 0 bridgehead atoms. The molecule has 2 atom stereocenters. The molecule has 2 heterocycles. The van der Waals surface area contributed by atoms with Gasteiger partial charge in [0.05, 0.1) is 18.8 Å². The van der Waals surface area contributed by atoms with Gasteiger partial charge in [0.2, 0.25) is 5.91 Å². The molecule has 4 rings (SSSR count). The number of ether oxygens (including phenoxy) is 1. The Morgan fingerprint density at radius 2 is 1.92 bits per heavy atom. The molecule has 5 nitrogen and oxygen atoms in total. The number of amides is 1. The number of aliphatic hydroxyl groups excluding tert-OH is 1. The third-order valence-electron chi connectivity index (χ3n) is 5.11. The average molecular weight is 351 g/mol. The van der Waals surface area contributed by atoms with Crippen molar-refractivity contribution in [2.24, 2.45) is 0 Å². The monoisotopic (exact) mass is 351 g/mol. The Kier molecular flexibility index (Phi) is 4.47. The molecular formula is C21H21NO4. The lowest BCUT2D eigenvalue weighted by atomic mass is 9.94. The number of ketones is 1. The van der Waals surface area contributed by atoms with Crippen LogP contribution in [-0.4, -0.2) is 41.0 Å². The fraction of sp³-hybridized carbons (Fsp3) is 0.333. The van der Waals surface area contributed by atoms with E-state index in [1.54, 1.807) is 35.2 Å². The molecule has 5 heteroatoms. The number of nitrogens with zero attached hydrogens (tertiary/aromatic N) is 1. The minimum Gasteiger partial charge on any atom is -0.493 e. The fourth-order valence-electron chi connectivity index (χ4n) is 3.80. The second-order valence-corrected chi connectivity index (χ2v) is 6.79. The van der Waals surface area contributed by atoms with Gasteiger partial charge in [-0.25, -0.2) is 0 Å². The molecule has 1 saturated heterocycles. The van der Waals surface area contributed by atoms with Crippen molar-refractivity contribution in [3.63, 3.8) is 0 Å². The van der Waals surface area contributed by atoms with Crippen molar-refractivity contribution >= 4 is 11.7 Å². The third kappa shape index (κ3) is 2.99. The minimum atomic E-state index is -0.708. The Balaban J connectivity index is 1.76. The summed E-state index contributed by atoms with van der Waals surface area (Å²) in [5, 5.41) is 10.7. The van der Waals surface area contributed by atoms with Crippen molar-refractivity contribution in [3.05, 3.63) is 65.2 Å². The summed E-state index contributed by atoms with van der Waals surface area (Å²) in [6, 6.07) is 13.9. The van der Waals surface area contributed by atoms with Gasteiger partial charge in [0.1, 0.15) is 5.75 Å². The lowest BCUT2D eigenvalue weighted by Crippen LogP contribution is -2.37. The molecule has 2 aliphatic rings. The van der Waals surface area contributed by atoms with Crippen LogP contribution in [0.4, 0.5) is 0 Å². The van der Waals surface area contributed by atoms with E-state index in [0.29, 0.717) is 48.4 Å². The second kappa shape index (κ2) is 6.92. The van der Waals surface area contributed by atoms with Gasteiger partial charge in [-0.2, -0.15) is 0 Å². The van der Waals surface area contributed by atoms with Crippen LogP contribution in [-0.2, 0) is 4.79 Å². The van der Waals surface area contributed by atoms with E-state index in [9.17, 15) is 14.7 Å².